The van der Waals surface area contributed by atoms with E-state index in [4.69, 9.17) is 0 Å². The molecule has 0 saturated carbocycles. The highest BCUT2D eigenvalue weighted by Gasteiger charge is 2.18. The van der Waals surface area contributed by atoms with Crippen molar-refractivity contribution in [1.82, 2.24) is 9.97 Å². The number of para-hydroxylation sites is 2. The van der Waals surface area contributed by atoms with E-state index in [-0.39, 0.29) is 11.4 Å². The topological polar surface area (TPSA) is 64.1 Å². The van der Waals surface area contributed by atoms with Crippen molar-refractivity contribution in [3.05, 3.63) is 70.9 Å². The highest BCUT2D eigenvalue weighted by atomic mass is 32.2. The number of aromatic nitrogens is 2. The Kier molecular flexibility index (Phi) is 6.15. The minimum Gasteiger partial charge on any atom is -0.433 e. The number of amides is 1. The molecular formula is C22H17F2N3O2S2. The van der Waals surface area contributed by atoms with E-state index in [9.17, 15) is 13.6 Å². The summed E-state index contributed by atoms with van der Waals surface area (Å²) in [7, 11) is 0. The molecule has 0 radical (unpaired) electrons. The first-order chi connectivity index (χ1) is 14.9. The average Bonchev–Trinajstić information content (AvgIpc) is 3.04. The van der Waals surface area contributed by atoms with Crippen LogP contribution < -0.4 is 10.1 Å². The third-order valence-electron chi connectivity index (χ3n) is 4.62. The fourth-order valence-corrected chi connectivity index (χ4v) is 5.17. The SMILES string of the molecule is Cc1sc2ncnc(Sc3ccccc3C(=O)Nc3ccccc3OC(F)F)c2c1C. The van der Waals surface area contributed by atoms with Gasteiger partial charge >= 0.3 is 6.61 Å². The van der Waals surface area contributed by atoms with E-state index in [0.29, 0.717) is 10.5 Å². The Hall–Kier alpha value is -3.04. The van der Waals surface area contributed by atoms with Gasteiger partial charge in [-0.2, -0.15) is 8.78 Å². The molecule has 0 unspecified atom stereocenters. The molecule has 4 rings (SSSR count). The number of rotatable bonds is 6. The van der Waals surface area contributed by atoms with Crippen molar-refractivity contribution in [3.63, 3.8) is 0 Å². The quantitative estimate of drug-likeness (QED) is 0.344. The van der Waals surface area contributed by atoms with Crippen LogP contribution in [0.15, 0.2) is 64.8 Å². The molecule has 0 fully saturated rings. The number of fused-ring (bicyclic) bond motifs is 1. The number of aryl methyl sites for hydroxylation is 2. The summed E-state index contributed by atoms with van der Waals surface area (Å²) in [4.78, 5) is 24.5. The number of alkyl halides is 2. The number of carbonyl (C=O) groups is 1. The number of carbonyl (C=O) groups excluding carboxylic acids is 1. The third kappa shape index (κ3) is 4.52. The summed E-state index contributed by atoms with van der Waals surface area (Å²) in [5.41, 5.74) is 1.68. The first-order valence-electron chi connectivity index (χ1n) is 9.27. The molecule has 0 saturated heterocycles. The van der Waals surface area contributed by atoms with Crippen LogP contribution in [-0.2, 0) is 0 Å². The van der Waals surface area contributed by atoms with Crippen LogP contribution in [0.25, 0.3) is 10.2 Å². The smallest absolute Gasteiger partial charge is 0.387 e. The zero-order chi connectivity index (χ0) is 22.0. The van der Waals surface area contributed by atoms with Gasteiger partial charge < -0.3 is 10.1 Å². The lowest BCUT2D eigenvalue weighted by molar-refractivity contribution is -0.0493. The van der Waals surface area contributed by atoms with Crippen LogP contribution in [0.3, 0.4) is 0 Å². The third-order valence-corrected chi connectivity index (χ3v) is 6.81. The van der Waals surface area contributed by atoms with Gasteiger partial charge in [0, 0.05) is 15.2 Å². The van der Waals surface area contributed by atoms with Crippen LogP contribution in [0.5, 0.6) is 5.75 Å². The van der Waals surface area contributed by atoms with Crippen LogP contribution >= 0.6 is 23.1 Å². The van der Waals surface area contributed by atoms with Gasteiger partial charge in [-0.1, -0.05) is 36.0 Å². The van der Waals surface area contributed by atoms with Gasteiger partial charge in [-0.15, -0.1) is 11.3 Å². The molecule has 0 aliphatic rings. The lowest BCUT2D eigenvalue weighted by atomic mass is 10.2. The fourth-order valence-electron chi connectivity index (χ4n) is 3.03. The molecule has 5 nitrogen and oxygen atoms in total. The van der Waals surface area contributed by atoms with Crippen molar-refractivity contribution in [1.29, 1.82) is 0 Å². The lowest BCUT2D eigenvalue weighted by Crippen LogP contribution is -2.14. The Labute approximate surface area is 185 Å². The van der Waals surface area contributed by atoms with Gasteiger partial charge in [0.05, 0.1) is 11.3 Å². The van der Waals surface area contributed by atoms with E-state index >= 15 is 0 Å². The van der Waals surface area contributed by atoms with E-state index in [2.05, 4.69) is 20.0 Å². The summed E-state index contributed by atoms with van der Waals surface area (Å²) in [6.07, 6.45) is 1.51. The number of nitrogens with zero attached hydrogens (tertiary/aromatic N) is 2. The van der Waals surface area contributed by atoms with Crippen molar-refractivity contribution in [2.75, 3.05) is 5.32 Å². The molecule has 1 amide bonds. The van der Waals surface area contributed by atoms with Gasteiger partial charge in [0.2, 0.25) is 0 Å². The summed E-state index contributed by atoms with van der Waals surface area (Å²) in [6, 6.07) is 13.2. The molecular weight excluding hydrogens is 440 g/mol. The van der Waals surface area contributed by atoms with E-state index in [1.54, 1.807) is 35.6 Å². The molecule has 0 bridgehead atoms. The van der Waals surface area contributed by atoms with Crippen LogP contribution in [0.2, 0.25) is 0 Å². The van der Waals surface area contributed by atoms with E-state index in [0.717, 1.165) is 20.8 Å². The highest BCUT2D eigenvalue weighted by Crippen LogP contribution is 2.38. The normalized spacial score (nSPS) is 11.1. The molecule has 4 aromatic rings. The summed E-state index contributed by atoms with van der Waals surface area (Å²) in [5.74, 6) is -0.533. The number of hydrogen-bond acceptors (Lipinski definition) is 6. The minimum atomic E-state index is -2.99. The monoisotopic (exact) mass is 457 g/mol. The number of halogens is 2. The maximum atomic E-state index is 13.0. The Morgan fingerprint density at radius 2 is 1.84 bits per heavy atom. The first-order valence-corrected chi connectivity index (χ1v) is 10.9. The summed E-state index contributed by atoms with van der Waals surface area (Å²) < 4.78 is 29.9. The maximum Gasteiger partial charge on any atom is 0.387 e. The fraction of sp³-hybridized carbons (Fsp3) is 0.136. The number of nitrogens with one attached hydrogen (secondary N) is 1. The molecule has 0 atom stereocenters. The molecule has 0 aliphatic carbocycles. The van der Waals surface area contributed by atoms with Crippen LogP contribution in [0, 0.1) is 13.8 Å². The van der Waals surface area contributed by atoms with Crippen LogP contribution in [0.1, 0.15) is 20.8 Å². The minimum absolute atomic E-state index is 0.0992. The van der Waals surface area contributed by atoms with Crippen molar-refractivity contribution in [3.8, 4) is 5.75 Å². The number of thiophene rings is 1. The Morgan fingerprint density at radius 3 is 2.65 bits per heavy atom. The Balaban J connectivity index is 1.65. The van der Waals surface area contributed by atoms with Crippen molar-refractivity contribution >= 4 is 44.9 Å². The van der Waals surface area contributed by atoms with Gasteiger partial charge in [-0.25, -0.2) is 9.97 Å². The predicted molar refractivity (Wildman–Crippen MR) is 118 cm³/mol. The Bertz CT molecular complexity index is 1260. The zero-order valence-corrected chi connectivity index (χ0v) is 18.2. The van der Waals surface area contributed by atoms with Crippen LogP contribution in [0.4, 0.5) is 14.5 Å². The molecule has 0 spiro atoms. The van der Waals surface area contributed by atoms with Gasteiger partial charge in [0.1, 0.15) is 21.9 Å². The molecule has 158 valence electrons. The predicted octanol–water partition coefficient (Wildman–Crippen LogP) is 6.31. The molecule has 2 aromatic heterocycles. The van der Waals surface area contributed by atoms with E-state index in [1.165, 1.54) is 35.1 Å². The van der Waals surface area contributed by atoms with Crippen molar-refractivity contribution in [2.24, 2.45) is 0 Å². The summed E-state index contributed by atoms with van der Waals surface area (Å²) in [6.45, 7) is 1.08. The number of hydrogen-bond donors (Lipinski definition) is 1. The second kappa shape index (κ2) is 8.99. The molecule has 31 heavy (non-hydrogen) atoms. The Morgan fingerprint density at radius 1 is 1.10 bits per heavy atom. The van der Waals surface area contributed by atoms with Gasteiger partial charge in [-0.05, 0) is 43.7 Å². The highest BCUT2D eigenvalue weighted by molar-refractivity contribution is 7.99. The van der Waals surface area contributed by atoms with Crippen molar-refractivity contribution in [2.45, 2.75) is 30.4 Å². The lowest BCUT2D eigenvalue weighted by Gasteiger charge is -2.13. The van der Waals surface area contributed by atoms with Gasteiger partial charge in [-0.3, -0.25) is 4.79 Å². The molecule has 2 aromatic carbocycles. The number of ether oxygens (including phenoxy) is 1. The maximum absolute atomic E-state index is 13.0. The average molecular weight is 458 g/mol. The standard InChI is InChI=1S/C22H17F2N3O2S2/c1-12-13(2)30-20-18(12)21(26-11-25-20)31-17-10-6-3-7-14(17)19(28)27-15-8-4-5-9-16(15)29-22(23)24/h3-11,22H,1-2H3,(H,27,28). The second-order valence-corrected chi connectivity index (χ2v) is 8.80. The molecule has 0 aliphatic heterocycles. The molecule has 2 heterocycles. The van der Waals surface area contributed by atoms with Crippen LogP contribution in [-0.4, -0.2) is 22.5 Å². The van der Waals surface area contributed by atoms with E-state index < -0.39 is 12.5 Å². The zero-order valence-electron chi connectivity index (χ0n) is 16.6. The second-order valence-electron chi connectivity index (χ2n) is 6.57. The summed E-state index contributed by atoms with van der Waals surface area (Å²) >= 11 is 2.97. The summed E-state index contributed by atoms with van der Waals surface area (Å²) in [5, 5.41) is 4.40. The van der Waals surface area contributed by atoms with Crippen molar-refractivity contribution < 1.29 is 18.3 Å². The molecule has 1 N–H and O–H groups in total. The van der Waals surface area contributed by atoms with Gasteiger partial charge in [0.15, 0.2) is 0 Å². The first kappa shape index (κ1) is 21.2. The number of anilines is 1. The molecule has 9 heteroatoms. The largest absolute Gasteiger partial charge is 0.433 e. The van der Waals surface area contributed by atoms with Gasteiger partial charge in [0.25, 0.3) is 5.91 Å². The van der Waals surface area contributed by atoms with E-state index in [1.807, 2.05) is 26.0 Å². The number of benzene rings is 2.